The molecule has 0 spiro atoms. The van der Waals surface area contributed by atoms with Gasteiger partial charge in [-0.2, -0.15) is 0 Å². The van der Waals surface area contributed by atoms with Crippen molar-refractivity contribution in [2.75, 3.05) is 5.73 Å². The first-order valence-electron chi connectivity index (χ1n) is 6.22. The van der Waals surface area contributed by atoms with E-state index in [9.17, 15) is 4.39 Å². The van der Waals surface area contributed by atoms with Crippen LogP contribution in [0.5, 0.6) is 5.75 Å². The lowest BCUT2D eigenvalue weighted by molar-refractivity contribution is 0.290. The molecule has 0 aromatic heterocycles. The summed E-state index contributed by atoms with van der Waals surface area (Å²) >= 11 is 0. The third-order valence-electron chi connectivity index (χ3n) is 3.20. The smallest absolute Gasteiger partial charge is 0.178 e. The van der Waals surface area contributed by atoms with Gasteiger partial charge in [0, 0.05) is 0 Å². The number of anilines is 1. The lowest BCUT2D eigenvalue weighted by Crippen LogP contribution is -2.04. The van der Waals surface area contributed by atoms with Crippen molar-refractivity contribution in [1.82, 2.24) is 0 Å². The maximum atomic E-state index is 13.6. The predicted molar refractivity (Wildman–Crippen MR) is 75.8 cm³/mol. The second-order valence-electron chi connectivity index (χ2n) is 4.82. The number of nitrogens with two attached hydrogens (primary N) is 1. The quantitative estimate of drug-likeness (QED) is 0.848. The Hall–Kier alpha value is -2.03. The molecule has 2 nitrogen and oxygen atoms in total. The lowest BCUT2D eigenvalue weighted by Gasteiger charge is -2.14. The summed E-state index contributed by atoms with van der Waals surface area (Å²) < 4.78 is 19.2. The van der Waals surface area contributed by atoms with Crippen molar-refractivity contribution in [3.05, 3.63) is 58.4 Å². The molecule has 0 heterocycles. The van der Waals surface area contributed by atoms with Crippen molar-refractivity contribution in [2.45, 2.75) is 27.4 Å². The highest BCUT2D eigenvalue weighted by atomic mass is 19.1. The van der Waals surface area contributed by atoms with Crippen molar-refractivity contribution in [1.29, 1.82) is 0 Å². The number of halogens is 1. The van der Waals surface area contributed by atoms with E-state index >= 15 is 0 Å². The van der Waals surface area contributed by atoms with Gasteiger partial charge in [-0.25, -0.2) is 4.39 Å². The molecular weight excluding hydrogens is 241 g/mol. The molecule has 0 saturated carbocycles. The molecule has 0 saturated heterocycles. The number of para-hydroxylation sites is 1. The summed E-state index contributed by atoms with van der Waals surface area (Å²) in [5.41, 5.74) is 10.6. The molecular formula is C16H18FNO. The van der Waals surface area contributed by atoms with Crippen LogP contribution in [-0.4, -0.2) is 0 Å². The number of nitrogen functional groups attached to an aromatic ring is 1. The third kappa shape index (κ3) is 2.87. The Labute approximate surface area is 113 Å². The fourth-order valence-electron chi connectivity index (χ4n) is 2.26. The normalized spacial score (nSPS) is 10.5. The third-order valence-corrected chi connectivity index (χ3v) is 3.20. The van der Waals surface area contributed by atoms with Crippen LogP contribution in [-0.2, 0) is 6.61 Å². The molecule has 2 N–H and O–H groups in total. The highest BCUT2D eigenvalue weighted by Gasteiger charge is 2.10. The summed E-state index contributed by atoms with van der Waals surface area (Å²) in [6.07, 6.45) is 0. The number of aryl methyl sites for hydroxylation is 3. The fraction of sp³-hybridized carbons (Fsp3) is 0.250. The Kier molecular flexibility index (Phi) is 3.74. The molecule has 0 amide bonds. The SMILES string of the molecule is Cc1cc(C)c(COc2c(N)cccc2F)c(C)c1. The molecule has 0 atom stereocenters. The summed E-state index contributed by atoms with van der Waals surface area (Å²) in [5.74, 6) is -0.302. The van der Waals surface area contributed by atoms with Crippen molar-refractivity contribution < 1.29 is 9.13 Å². The zero-order chi connectivity index (χ0) is 14.0. The lowest BCUT2D eigenvalue weighted by atomic mass is 10.0. The summed E-state index contributed by atoms with van der Waals surface area (Å²) in [6, 6.07) is 8.74. The van der Waals surface area contributed by atoms with E-state index in [-0.39, 0.29) is 5.75 Å². The number of rotatable bonds is 3. The Balaban J connectivity index is 2.24. The second kappa shape index (κ2) is 5.31. The van der Waals surface area contributed by atoms with E-state index in [1.165, 1.54) is 11.6 Å². The van der Waals surface area contributed by atoms with Crippen LogP contribution >= 0.6 is 0 Å². The average Bonchev–Trinajstić information content (AvgIpc) is 2.31. The van der Waals surface area contributed by atoms with Gasteiger partial charge in [-0.1, -0.05) is 23.8 Å². The Morgan fingerprint density at radius 2 is 1.74 bits per heavy atom. The van der Waals surface area contributed by atoms with Gasteiger partial charge in [0.2, 0.25) is 0 Å². The standard InChI is InChI=1S/C16H18FNO/c1-10-7-11(2)13(12(3)8-10)9-19-16-14(17)5-4-6-15(16)18/h4-8H,9,18H2,1-3H3. The first-order chi connectivity index (χ1) is 8.99. The van der Waals surface area contributed by atoms with E-state index in [1.807, 2.05) is 13.8 Å². The van der Waals surface area contributed by atoms with E-state index in [1.54, 1.807) is 12.1 Å². The van der Waals surface area contributed by atoms with Gasteiger partial charge in [-0.15, -0.1) is 0 Å². The highest BCUT2D eigenvalue weighted by Crippen LogP contribution is 2.27. The monoisotopic (exact) mass is 259 g/mol. The zero-order valence-electron chi connectivity index (χ0n) is 11.5. The number of hydrogen-bond donors (Lipinski definition) is 1. The second-order valence-corrected chi connectivity index (χ2v) is 4.82. The maximum Gasteiger partial charge on any atom is 0.178 e. The van der Waals surface area contributed by atoms with Crippen LogP contribution in [0, 0.1) is 26.6 Å². The average molecular weight is 259 g/mol. The highest BCUT2D eigenvalue weighted by molar-refractivity contribution is 5.53. The predicted octanol–water partition coefficient (Wildman–Crippen LogP) is 3.91. The molecule has 0 unspecified atom stereocenters. The molecule has 2 aromatic carbocycles. The number of benzene rings is 2. The molecule has 0 aliphatic heterocycles. The van der Waals surface area contributed by atoms with Crippen LogP contribution in [0.15, 0.2) is 30.3 Å². The molecule has 0 aliphatic carbocycles. The molecule has 3 heteroatoms. The summed E-state index contributed by atoms with van der Waals surface area (Å²) in [4.78, 5) is 0. The van der Waals surface area contributed by atoms with E-state index < -0.39 is 5.82 Å². The van der Waals surface area contributed by atoms with Crippen LogP contribution in [0.1, 0.15) is 22.3 Å². The van der Waals surface area contributed by atoms with Gasteiger partial charge >= 0.3 is 0 Å². The van der Waals surface area contributed by atoms with Gasteiger partial charge in [-0.3, -0.25) is 0 Å². The first-order valence-corrected chi connectivity index (χ1v) is 6.22. The molecule has 0 fully saturated rings. The van der Waals surface area contributed by atoms with Gasteiger partial charge in [-0.05, 0) is 49.6 Å². The van der Waals surface area contributed by atoms with Crippen molar-refractivity contribution in [2.24, 2.45) is 0 Å². The van der Waals surface area contributed by atoms with E-state index in [0.717, 1.165) is 16.7 Å². The van der Waals surface area contributed by atoms with E-state index in [2.05, 4.69) is 19.1 Å². The Morgan fingerprint density at radius 1 is 1.11 bits per heavy atom. The number of ether oxygens (including phenoxy) is 1. The van der Waals surface area contributed by atoms with Crippen LogP contribution in [0.3, 0.4) is 0 Å². The van der Waals surface area contributed by atoms with E-state index in [0.29, 0.717) is 12.3 Å². The molecule has 2 rings (SSSR count). The number of hydrogen-bond acceptors (Lipinski definition) is 2. The first kappa shape index (κ1) is 13.4. The molecule has 19 heavy (non-hydrogen) atoms. The largest absolute Gasteiger partial charge is 0.484 e. The Bertz CT molecular complexity index is 564. The molecule has 0 bridgehead atoms. The van der Waals surface area contributed by atoms with Crippen LogP contribution in [0.4, 0.5) is 10.1 Å². The Morgan fingerprint density at radius 3 is 2.32 bits per heavy atom. The fourth-order valence-corrected chi connectivity index (χ4v) is 2.26. The van der Waals surface area contributed by atoms with Gasteiger partial charge in [0.1, 0.15) is 6.61 Å². The molecule has 0 aliphatic rings. The minimum atomic E-state index is -0.428. The van der Waals surface area contributed by atoms with Gasteiger partial charge in [0.25, 0.3) is 0 Å². The van der Waals surface area contributed by atoms with Crippen molar-refractivity contribution in [3.63, 3.8) is 0 Å². The van der Waals surface area contributed by atoms with Crippen LogP contribution in [0.25, 0.3) is 0 Å². The van der Waals surface area contributed by atoms with Gasteiger partial charge in [0.05, 0.1) is 5.69 Å². The van der Waals surface area contributed by atoms with Crippen LogP contribution < -0.4 is 10.5 Å². The zero-order valence-corrected chi connectivity index (χ0v) is 11.5. The molecule has 2 aromatic rings. The van der Waals surface area contributed by atoms with Crippen molar-refractivity contribution >= 4 is 5.69 Å². The summed E-state index contributed by atoms with van der Waals surface area (Å²) in [7, 11) is 0. The minimum absolute atomic E-state index is 0.127. The summed E-state index contributed by atoms with van der Waals surface area (Å²) in [5, 5.41) is 0. The summed E-state index contributed by atoms with van der Waals surface area (Å²) in [6.45, 7) is 6.44. The van der Waals surface area contributed by atoms with E-state index in [4.69, 9.17) is 10.5 Å². The van der Waals surface area contributed by atoms with Crippen molar-refractivity contribution in [3.8, 4) is 5.75 Å². The van der Waals surface area contributed by atoms with Gasteiger partial charge in [0.15, 0.2) is 11.6 Å². The maximum absolute atomic E-state index is 13.6. The van der Waals surface area contributed by atoms with Crippen LogP contribution in [0.2, 0.25) is 0 Å². The minimum Gasteiger partial charge on any atom is -0.484 e. The molecule has 100 valence electrons. The topological polar surface area (TPSA) is 35.2 Å². The van der Waals surface area contributed by atoms with Gasteiger partial charge < -0.3 is 10.5 Å². The molecule has 0 radical (unpaired) electrons.